The maximum atomic E-state index is 11.7. The van der Waals surface area contributed by atoms with Crippen molar-refractivity contribution in [3.63, 3.8) is 0 Å². The molecule has 3 heteroatoms. The van der Waals surface area contributed by atoms with Gasteiger partial charge in [-0.1, -0.05) is 24.3 Å². The number of hydrogen-bond acceptors (Lipinski definition) is 3. The van der Waals surface area contributed by atoms with Crippen molar-refractivity contribution in [1.29, 1.82) is 0 Å². The summed E-state index contributed by atoms with van der Waals surface area (Å²) in [5, 5.41) is 1.87. The number of hydrogen-bond donors (Lipinski definition) is 0. The van der Waals surface area contributed by atoms with Crippen LogP contribution < -0.4 is 0 Å². The molecule has 2 nitrogen and oxygen atoms in total. The van der Waals surface area contributed by atoms with Crippen molar-refractivity contribution in [3.05, 3.63) is 46.2 Å². The Kier molecular flexibility index (Phi) is 3.47. The monoisotopic (exact) mass is 232 g/mol. The first-order chi connectivity index (χ1) is 7.77. The Hall–Kier alpha value is -1.48. The molecule has 2 rings (SSSR count). The summed E-state index contributed by atoms with van der Waals surface area (Å²) in [5.74, 6) is 0.129. The smallest absolute Gasteiger partial charge is 0.173 e. The molecule has 0 saturated carbocycles. The van der Waals surface area contributed by atoms with Gasteiger partial charge in [0.05, 0.1) is 4.88 Å². The molecular weight excluding hydrogens is 220 g/mol. The van der Waals surface area contributed by atoms with E-state index in [9.17, 15) is 9.59 Å². The van der Waals surface area contributed by atoms with Crippen LogP contribution in [0.4, 0.5) is 0 Å². The minimum Gasteiger partial charge on any atom is -0.294 e. The lowest BCUT2D eigenvalue weighted by molar-refractivity contribution is -0.115. The summed E-state index contributed by atoms with van der Waals surface area (Å²) < 4.78 is 0. The first-order valence-electron chi connectivity index (χ1n) is 5.24. The predicted octanol–water partition coefficient (Wildman–Crippen LogP) is 3.17. The topological polar surface area (TPSA) is 34.1 Å². The molecule has 0 bridgehead atoms. The summed E-state index contributed by atoms with van der Waals surface area (Å²) in [6, 6.07) is 3.65. The van der Waals surface area contributed by atoms with E-state index < -0.39 is 0 Å². The van der Waals surface area contributed by atoms with Crippen LogP contribution >= 0.6 is 11.3 Å². The van der Waals surface area contributed by atoms with E-state index in [2.05, 4.69) is 0 Å². The number of allylic oxidation sites excluding steroid dienone is 4. The summed E-state index contributed by atoms with van der Waals surface area (Å²) in [4.78, 5) is 24.0. The number of ketones is 2. The highest BCUT2D eigenvalue weighted by Crippen LogP contribution is 2.16. The zero-order valence-corrected chi connectivity index (χ0v) is 9.63. The standard InChI is InChI=1S/C13H12O2S/c14-11(10-4-1-2-5-10)7-8-12(15)13-6-3-9-16-13/h1,3-6,9H,2,7-8H2. The molecule has 1 aliphatic carbocycles. The Bertz CT molecular complexity index is 452. The van der Waals surface area contributed by atoms with Crippen molar-refractivity contribution >= 4 is 22.9 Å². The molecule has 0 radical (unpaired) electrons. The quantitative estimate of drug-likeness (QED) is 0.731. The highest BCUT2D eigenvalue weighted by molar-refractivity contribution is 7.12. The number of carbonyl (C=O) groups excluding carboxylic acids is 2. The molecule has 1 heterocycles. The minimum atomic E-state index is 0.0610. The van der Waals surface area contributed by atoms with Crippen molar-refractivity contribution in [1.82, 2.24) is 0 Å². The molecule has 0 atom stereocenters. The van der Waals surface area contributed by atoms with Crippen molar-refractivity contribution in [2.75, 3.05) is 0 Å². The van der Waals surface area contributed by atoms with Gasteiger partial charge in [0.2, 0.25) is 0 Å². The van der Waals surface area contributed by atoms with Gasteiger partial charge in [-0.15, -0.1) is 11.3 Å². The van der Waals surface area contributed by atoms with E-state index >= 15 is 0 Å². The van der Waals surface area contributed by atoms with Gasteiger partial charge in [0.25, 0.3) is 0 Å². The van der Waals surface area contributed by atoms with Gasteiger partial charge in [-0.05, 0) is 17.9 Å². The number of Topliss-reactive ketones (excluding diaryl/α,β-unsaturated/α-hetero) is 2. The van der Waals surface area contributed by atoms with Crippen LogP contribution in [0.1, 0.15) is 28.9 Å². The highest BCUT2D eigenvalue weighted by atomic mass is 32.1. The molecular formula is C13H12O2S. The van der Waals surface area contributed by atoms with E-state index in [1.54, 1.807) is 6.07 Å². The first-order valence-corrected chi connectivity index (χ1v) is 6.12. The van der Waals surface area contributed by atoms with Gasteiger partial charge in [0.1, 0.15) is 0 Å². The Morgan fingerprint density at radius 1 is 1.25 bits per heavy atom. The summed E-state index contributed by atoms with van der Waals surface area (Å²) in [5.41, 5.74) is 0.749. The van der Waals surface area contributed by atoms with E-state index in [0.29, 0.717) is 12.8 Å². The Labute approximate surface area is 98.3 Å². The van der Waals surface area contributed by atoms with Crippen molar-refractivity contribution in [2.45, 2.75) is 19.3 Å². The number of carbonyl (C=O) groups is 2. The van der Waals surface area contributed by atoms with Crippen LogP contribution in [0.2, 0.25) is 0 Å². The Balaban J connectivity index is 1.86. The third-order valence-corrected chi connectivity index (χ3v) is 3.38. The van der Waals surface area contributed by atoms with Gasteiger partial charge in [-0.2, -0.15) is 0 Å². The Morgan fingerprint density at radius 2 is 2.06 bits per heavy atom. The van der Waals surface area contributed by atoms with Crippen molar-refractivity contribution < 1.29 is 9.59 Å². The fourth-order valence-corrected chi connectivity index (χ4v) is 2.29. The van der Waals surface area contributed by atoms with E-state index in [-0.39, 0.29) is 11.6 Å². The molecule has 0 saturated heterocycles. The van der Waals surface area contributed by atoms with Gasteiger partial charge >= 0.3 is 0 Å². The summed E-state index contributed by atoms with van der Waals surface area (Å²) >= 11 is 1.43. The van der Waals surface area contributed by atoms with Crippen molar-refractivity contribution in [3.8, 4) is 0 Å². The summed E-state index contributed by atoms with van der Waals surface area (Å²) in [7, 11) is 0. The molecule has 0 unspecified atom stereocenters. The average molecular weight is 232 g/mol. The zero-order valence-electron chi connectivity index (χ0n) is 8.81. The molecule has 0 fully saturated rings. The fraction of sp³-hybridized carbons (Fsp3) is 0.231. The van der Waals surface area contributed by atoms with Gasteiger partial charge in [-0.25, -0.2) is 0 Å². The Morgan fingerprint density at radius 3 is 2.69 bits per heavy atom. The van der Waals surface area contributed by atoms with Gasteiger partial charge in [0.15, 0.2) is 11.6 Å². The average Bonchev–Trinajstić information content (AvgIpc) is 2.95. The second kappa shape index (κ2) is 5.03. The molecule has 16 heavy (non-hydrogen) atoms. The van der Waals surface area contributed by atoms with Gasteiger partial charge in [0, 0.05) is 18.4 Å². The molecule has 82 valence electrons. The van der Waals surface area contributed by atoms with Gasteiger partial charge in [-0.3, -0.25) is 9.59 Å². The number of rotatable bonds is 5. The summed E-state index contributed by atoms with van der Waals surface area (Å²) in [6.07, 6.45) is 7.14. The van der Waals surface area contributed by atoms with Crippen LogP contribution in [0.3, 0.4) is 0 Å². The molecule has 0 amide bonds. The van der Waals surface area contributed by atoms with Crippen LogP contribution in [-0.2, 0) is 4.79 Å². The van der Waals surface area contributed by atoms with Crippen LogP contribution in [0.5, 0.6) is 0 Å². The van der Waals surface area contributed by atoms with E-state index in [4.69, 9.17) is 0 Å². The van der Waals surface area contributed by atoms with Crippen LogP contribution in [0.25, 0.3) is 0 Å². The van der Waals surface area contributed by atoms with Crippen molar-refractivity contribution in [2.24, 2.45) is 0 Å². The van der Waals surface area contributed by atoms with E-state index in [1.807, 2.05) is 29.7 Å². The fourth-order valence-electron chi connectivity index (χ4n) is 1.60. The molecule has 0 N–H and O–H groups in total. The maximum absolute atomic E-state index is 11.7. The second-order valence-electron chi connectivity index (χ2n) is 3.62. The normalized spacial score (nSPS) is 13.9. The molecule has 1 aliphatic rings. The lowest BCUT2D eigenvalue weighted by Gasteiger charge is -1.98. The molecule has 1 aromatic heterocycles. The predicted molar refractivity (Wildman–Crippen MR) is 64.7 cm³/mol. The third-order valence-electron chi connectivity index (χ3n) is 2.47. The lowest BCUT2D eigenvalue weighted by atomic mass is 10.1. The maximum Gasteiger partial charge on any atom is 0.173 e. The zero-order chi connectivity index (χ0) is 11.4. The first kappa shape index (κ1) is 11.0. The summed E-state index contributed by atoms with van der Waals surface area (Å²) in [6.45, 7) is 0. The van der Waals surface area contributed by atoms with Crippen LogP contribution in [-0.4, -0.2) is 11.6 Å². The molecule has 1 aromatic rings. The minimum absolute atomic E-state index is 0.0610. The molecule has 0 aromatic carbocycles. The SMILES string of the molecule is O=C(CCC(=O)c1cccs1)C1=CCC=C1. The van der Waals surface area contributed by atoms with Crippen LogP contribution in [0, 0.1) is 0 Å². The van der Waals surface area contributed by atoms with Gasteiger partial charge < -0.3 is 0 Å². The third kappa shape index (κ3) is 2.55. The molecule has 0 aliphatic heterocycles. The largest absolute Gasteiger partial charge is 0.294 e. The number of thiophene rings is 1. The van der Waals surface area contributed by atoms with E-state index in [0.717, 1.165) is 16.9 Å². The van der Waals surface area contributed by atoms with Crippen LogP contribution in [0.15, 0.2) is 41.3 Å². The van der Waals surface area contributed by atoms with E-state index in [1.165, 1.54) is 11.3 Å². The highest BCUT2D eigenvalue weighted by Gasteiger charge is 2.13. The second-order valence-corrected chi connectivity index (χ2v) is 4.57. The lowest BCUT2D eigenvalue weighted by Crippen LogP contribution is -2.04. The molecule has 0 spiro atoms.